The number of likely N-dealkylation sites (N-methyl/N-ethyl adjacent to an activating group) is 1. The van der Waals surface area contributed by atoms with Crippen LogP contribution < -0.4 is 10.1 Å². The van der Waals surface area contributed by atoms with Gasteiger partial charge in [0.25, 0.3) is 0 Å². The molecule has 1 N–H and O–H groups in total. The van der Waals surface area contributed by atoms with E-state index in [9.17, 15) is 4.79 Å². The van der Waals surface area contributed by atoms with Crippen LogP contribution in [0.15, 0.2) is 30.3 Å². The Balaban J connectivity index is 2.66. The summed E-state index contributed by atoms with van der Waals surface area (Å²) >= 11 is 0. The monoisotopic (exact) mass is 290 g/mol. The van der Waals surface area contributed by atoms with Crippen molar-refractivity contribution in [3.05, 3.63) is 35.9 Å². The second-order valence-electron chi connectivity index (χ2n) is 5.01. The molecule has 1 unspecified atom stereocenters. The summed E-state index contributed by atoms with van der Waals surface area (Å²) in [4.78, 5) is 14.0. The van der Waals surface area contributed by atoms with E-state index in [-0.39, 0.29) is 11.9 Å². The summed E-state index contributed by atoms with van der Waals surface area (Å²) in [5.41, 5.74) is 1.10. The molecule has 4 nitrogen and oxygen atoms in total. The third kappa shape index (κ3) is 5.60. The molecule has 0 aliphatic carbocycles. The van der Waals surface area contributed by atoms with Crippen LogP contribution in [0.4, 0.5) is 0 Å². The van der Waals surface area contributed by atoms with Gasteiger partial charge in [-0.3, -0.25) is 4.79 Å². The highest BCUT2D eigenvalue weighted by Crippen LogP contribution is 2.12. The highest BCUT2D eigenvalue weighted by atomic mass is 16.5. The van der Waals surface area contributed by atoms with Gasteiger partial charge in [-0.15, -0.1) is 0 Å². The molecule has 1 aromatic carbocycles. The van der Waals surface area contributed by atoms with Gasteiger partial charge in [0.05, 0.1) is 13.7 Å². The molecule has 1 amide bonds. The van der Waals surface area contributed by atoms with Gasteiger partial charge in [-0.1, -0.05) is 31.2 Å². The molecule has 0 spiro atoms. The van der Waals surface area contributed by atoms with Crippen molar-refractivity contribution < 1.29 is 9.53 Å². The molecule has 21 heavy (non-hydrogen) atoms. The fourth-order valence-electron chi connectivity index (χ4n) is 2.02. The molecule has 4 heteroatoms. The van der Waals surface area contributed by atoms with Gasteiger partial charge in [-0.2, -0.15) is 0 Å². The van der Waals surface area contributed by atoms with E-state index < -0.39 is 0 Å². The maximum absolute atomic E-state index is 12.1. The molecule has 0 bridgehead atoms. The van der Waals surface area contributed by atoms with Crippen molar-refractivity contribution in [1.29, 1.82) is 0 Å². The molecule has 1 rings (SSSR count). The van der Waals surface area contributed by atoms with Gasteiger partial charge in [0.2, 0.25) is 5.91 Å². The fraction of sp³-hybridized carbons (Fsp3) is 0.471. The summed E-state index contributed by atoms with van der Waals surface area (Å²) in [6.45, 7) is 5.18. The van der Waals surface area contributed by atoms with Crippen molar-refractivity contribution >= 4 is 12.0 Å². The Morgan fingerprint density at radius 2 is 2.05 bits per heavy atom. The number of hydrogen-bond donors (Lipinski definition) is 1. The van der Waals surface area contributed by atoms with Crippen LogP contribution in [-0.4, -0.2) is 44.1 Å². The molecule has 1 atom stereocenters. The van der Waals surface area contributed by atoms with E-state index in [1.165, 1.54) is 0 Å². The van der Waals surface area contributed by atoms with Crippen LogP contribution in [0, 0.1) is 0 Å². The molecule has 0 aliphatic rings. The Morgan fingerprint density at radius 1 is 1.38 bits per heavy atom. The Kier molecular flexibility index (Phi) is 7.54. The summed E-state index contributed by atoms with van der Waals surface area (Å²) in [7, 11) is 3.45. The number of methoxy groups -OCH3 is 1. The molecular weight excluding hydrogens is 264 g/mol. The Hall–Kier alpha value is -1.81. The quantitative estimate of drug-likeness (QED) is 0.800. The van der Waals surface area contributed by atoms with Gasteiger partial charge in [0, 0.05) is 12.6 Å². The molecule has 0 aliphatic heterocycles. The minimum Gasteiger partial charge on any atom is -0.497 e. The number of rotatable bonds is 8. The van der Waals surface area contributed by atoms with Crippen molar-refractivity contribution in [3.8, 4) is 5.75 Å². The van der Waals surface area contributed by atoms with E-state index in [4.69, 9.17) is 4.74 Å². The van der Waals surface area contributed by atoms with Gasteiger partial charge in [0.1, 0.15) is 5.75 Å². The van der Waals surface area contributed by atoms with E-state index in [0.29, 0.717) is 13.1 Å². The summed E-state index contributed by atoms with van der Waals surface area (Å²) < 4.78 is 5.13. The van der Waals surface area contributed by atoms with E-state index >= 15 is 0 Å². The summed E-state index contributed by atoms with van der Waals surface area (Å²) in [6.07, 6.45) is 5.01. The van der Waals surface area contributed by atoms with Crippen molar-refractivity contribution in [3.63, 3.8) is 0 Å². The summed E-state index contributed by atoms with van der Waals surface area (Å²) in [5, 5.41) is 2.92. The lowest BCUT2D eigenvalue weighted by Crippen LogP contribution is -2.42. The summed E-state index contributed by atoms with van der Waals surface area (Å²) in [5.74, 6) is 0.976. The summed E-state index contributed by atoms with van der Waals surface area (Å²) in [6, 6.07) is 8.10. The fourth-order valence-corrected chi connectivity index (χ4v) is 2.02. The zero-order valence-corrected chi connectivity index (χ0v) is 13.4. The lowest BCUT2D eigenvalue weighted by molar-refractivity contribution is -0.131. The number of carbonyl (C=O) groups excluding carboxylic acids is 1. The Morgan fingerprint density at radius 3 is 2.57 bits per heavy atom. The van der Waals surface area contributed by atoms with Gasteiger partial charge in [-0.25, -0.2) is 0 Å². The van der Waals surface area contributed by atoms with E-state index in [1.807, 2.05) is 41.3 Å². The molecule has 1 aromatic rings. The maximum Gasteiger partial charge on any atom is 0.237 e. The number of ether oxygens (including phenoxy) is 1. The van der Waals surface area contributed by atoms with Crippen LogP contribution >= 0.6 is 0 Å². The molecule has 0 radical (unpaired) electrons. The minimum absolute atomic E-state index is 0.131. The number of nitrogens with one attached hydrogen (secondary N) is 1. The molecule has 0 saturated heterocycles. The molecule has 0 aromatic heterocycles. The maximum atomic E-state index is 12.1. The third-order valence-corrected chi connectivity index (χ3v) is 3.50. The highest BCUT2D eigenvalue weighted by Gasteiger charge is 2.16. The first kappa shape index (κ1) is 17.2. The lowest BCUT2D eigenvalue weighted by atomic mass is 10.2. The predicted octanol–water partition coefficient (Wildman–Crippen LogP) is 2.55. The molecule has 116 valence electrons. The predicted molar refractivity (Wildman–Crippen MR) is 87.4 cm³/mol. The average molecular weight is 290 g/mol. The van der Waals surface area contributed by atoms with E-state index in [0.717, 1.165) is 17.7 Å². The highest BCUT2D eigenvalue weighted by molar-refractivity contribution is 5.78. The van der Waals surface area contributed by atoms with Gasteiger partial charge < -0.3 is 15.0 Å². The van der Waals surface area contributed by atoms with Crippen molar-refractivity contribution in [2.75, 3.05) is 27.2 Å². The van der Waals surface area contributed by atoms with E-state index in [1.54, 1.807) is 14.2 Å². The van der Waals surface area contributed by atoms with Crippen molar-refractivity contribution in [2.24, 2.45) is 0 Å². The van der Waals surface area contributed by atoms with Crippen LogP contribution in [0.3, 0.4) is 0 Å². The average Bonchev–Trinajstić information content (AvgIpc) is 2.51. The van der Waals surface area contributed by atoms with Crippen molar-refractivity contribution in [2.45, 2.75) is 26.3 Å². The van der Waals surface area contributed by atoms with Crippen molar-refractivity contribution in [1.82, 2.24) is 10.2 Å². The molecular formula is C17H26N2O2. The van der Waals surface area contributed by atoms with Gasteiger partial charge in [-0.05, 0) is 38.1 Å². The first-order chi connectivity index (χ1) is 10.1. The lowest BCUT2D eigenvalue weighted by Gasteiger charge is -2.27. The SMILES string of the molecule is CCC(C)N(C/C=C/c1ccc(OC)cc1)C(=O)CNC. The van der Waals surface area contributed by atoms with Crippen LogP contribution in [0.25, 0.3) is 6.08 Å². The van der Waals surface area contributed by atoms with Crippen LogP contribution in [-0.2, 0) is 4.79 Å². The smallest absolute Gasteiger partial charge is 0.237 e. The van der Waals surface area contributed by atoms with Crippen LogP contribution in [0.5, 0.6) is 5.75 Å². The standard InChI is InChI=1S/C17H26N2O2/c1-5-14(2)19(17(20)13-18-3)12-6-7-15-8-10-16(21-4)11-9-15/h6-11,14,18H,5,12-13H2,1-4H3/b7-6+. The normalized spacial score (nSPS) is 12.4. The van der Waals surface area contributed by atoms with Gasteiger partial charge in [0.15, 0.2) is 0 Å². The number of amides is 1. The second kappa shape index (κ2) is 9.19. The zero-order chi connectivity index (χ0) is 15.7. The van der Waals surface area contributed by atoms with Gasteiger partial charge >= 0.3 is 0 Å². The number of benzene rings is 1. The first-order valence-corrected chi connectivity index (χ1v) is 7.37. The Labute approximate surface area is 127 Å². The number of hydrogen-bond acceptors (Lipinski definition) is 3. The van der Waals surface area contributed by atoms with E-state index in [2.05, 4.69) is 19.2 Å². The largest absolute Gasteiger partial charge is 0.497 e. The van der Waals surface area contributed by atoms with Crippen LogP contribution in [0.2, 0.25) is 0 Å². The Bertz CT molecular complexity index is 454. The molecule has 0 fully saturated rings. The molecule has 0 heterocycles. The molecule has 0 saturated carbocycles. The number of carbonyl (C=O) groups is 1. The van der Waals surface area contributed by atoms with Crippen LogP contribution in [0.1, 0.15) is 25.8 Å². The minimum atomic E-state index is 0.131. The number of nitrogens with zero attached hydrogens (tertiary/aromatic N) is 1. The first-order valence-electron chi connectivity index (χ1n) is 7.37. The zero-order valence-electron chi connectivity index (χ0n) is 13.4. The third-order valence-electron chi connectivity index (χ3n) is 3.50. The topological polar surface area (TPSA) is 41.6 Å². The second-order valence-corrected chi connectivity index (χ2v) is 5.01.